The summed E-state index contributed by atoms with van der Waals surface area (Å²) >= 11 is 1.01. The predicted octanol–water partition coefficient (Wildman–Crippen LogP) is 4.14. The topological polar surface area (TPSA) is 77.2 Å². The SMILES string of the molecule is COc1ccc(-c2nnc(S[C@@H](C)C(=O)Nc3cc(F)ccc3F)o2)cc1. The summed E-state index contributed by atoms with van der Waals surface area (Å²) in [7, 11) is 1.57. The number of methoxy groups -OCH3 is 1. The van der Waals surface area contributed by atoms with Crippen LogP contribution in [-0.2, 0) is 4.79 Å². The molecule has 0 radical (unpaired) electrons. The first-order chi connectivity index (χ1) is 13.0. The molecule has 0 bridgehead atoms. The molecule has 0 aliphatic rings. The molecule has 1 aromatic heterocycles. The van der Waals surface area contributed by atoms with Crippen molar-refractivity contribution in [2.75, 3.05) is 12.4 Å². The van der Waals surface area contributed by atoms with Crippen LogP contribution in [0.1, 0.15) is 6.92 Å². The molecule has 140 valence electrons. The molecular weight excluding hydrogens is 376 g/mol. The van der Waals surface area contributed by atoms with E-state index in [0.29, 0.717) is 17.2 Å². The zero-order valence-electron chi connectivity index (χ0n) is 14.4. The normalized spacial score (nSPS) is 11.9. The van der Waals surface area contributed by atoms with Crippen molar-refractivity contribution in [2.24, 2.45) is 0 Å². The number of amides is 1. The molecule has 27 heavy (non-hydrogen) atoms. The maximum Gasteiger partial charge on any atom is 0.277 e. The van der Waals surface area contributed by atoms with Crippen molar-refractivity contribution in [1.82, 2.24) is 10.2 Å². The zero-order valence-corrected chi connectivity index (χ0v) is 15.2. The van der Waals surface area contributed by atoms with Crippen molar-refractivity contribution >= 4 is 23.4 Å². The van der Waals surface area contributed by atoms with Crippen LogP contribution < -0.4 is 10.1 Å². The van der Waals surface area contributed by atoms with Crippen LogP contribution in [-0.4, -0.2) is 28.5 Å². The van der Waals surface area contributed by atoms with Crippen LogP contribution in [0.3, 0.4) is 0 Å². The maximum atomic E-state index is 13.6. The molecule has 3 aromatic rings. The summed E-state index contributed by atoms with van der Waals surface area (Å²) in [5, 5.41) is 9.70. The van der Waals surface area contributed by atoms with Gasteiger partial charge in [0, 0.05) is 11.6 Å². The number of halogens is 2. The van der Waals surface area contributed by atoms with Gasteiger partial charge in [0.2, 0.25) is 11.8 Å². The molecule has 0 aliphatic carbocycles. The van der Waals surface area contributed by atoms with E-state index in [4.69, 9.17) is 9.15 Å². The summed E-state index contributed by atoms with van der Waals surface area (Å²) in [5.74, 6) is -0.894. The Kier molecular flexibility index (Phi) is 5.70. The summed E-state index contributed by atoms with van der Waals surface area (Å²) in [4.78, 5) is 12.2. The van der Waals surface area contributed by atoms with Crippen molar-refractivity contribution in [3.63, 3.8) is 0 Å². The fraction of sp³-hybridized carbons (Fsp3) is 0.167. The van der Waals surface area contributed by atoms with Gasteiger partial charge >= 0.3 is 0 Å². The number of nitrogens with zero attached hydrogens (tertiary/aromatic N) is 2. The molecule has 2 aromatic carbocycles. The first-order valence-corrected chi connectivity index (χ1v) is 8.74. The Morgan fingerprint density at radius 2 is 1.93 bits per heavy atom. The average Bonchev–Trinajstić information content (AvgIpc) is 3.13. The highest BCUT2D eigenvalue weighted by atomic mass is 32.2. The monoisotopic (exact) mass is 391 g/mol. The third kappa shape index (κ3) is 4.62. The Labute approximate surface area is 157 Å². The Bertz CT molecular complexity index is 947. The molecule has 0 unspecified atom stereocenters. The van der Waals surface area contributed by atoms with Gasteiger partial charge in [-0.2, -0.15) is 0 Å². The minimum absolute atomic E-state index is 0.184. The molecule has 0 saturated heterocycles. The van der Waals surface area contributed by atoms with Crippen LogP contribution in [0.4, 0.5) is 14.5 Å². The van der Waals surface area contributed by atoms with Gasteiger partial charge in [0.15, 0.2) is 0 Å². The molecule has 0 fully saturated rings. The fourth-order valence-electron chi connectivity index (χ4n) is 2.14. The number of hydrogen-bond donors (Lipinski definition) is 1. The zero-order chi connectivity index (χ0) is 19.4. The third-order valence-electron chi connectivity index (χ3n) is 3.58. The number of nitrogens with one attached hydrogen (secondary N) is 1. The number of hydrogen-bond acceptors (Lipinski definition) is 6. The molecule has 1 heterocycles. The van der Waals surface area contributed by atoms with E-state index in [-0.39, 0.29) is 10.9 Å². The van der Waals surface area contributed by atoms with Crippen molar-refractivity contribution in [3.05, 3.63) is 54.1 Å². The van der Waals surface area contributed by atoms with Gasteiger partial charge in [-0.15, -0.1) is 10.2 Å². The van der Waals surface area contributed by atoms with Gasteiger partial charge in [-0.1, -0.05) is 11.8 Å². The van der Waals surface area contributed by atoms with Gasteiger partial charge in [-0.3, -0.25) is 4.79 Å². The molecular formula is C18H15F2N3O3S. The van der Waals surface area contributed by atoms with E-state index in [2.05, 4.69) is 15.5 Å². The minimum atomic E-state index is -0.721. The van der Waals surface area contributed by atoms with Gasteiger partial charge in [-0.05, 0) is 43.3 Å². The predicted molar refractivity (Wildman–Crippen MR) is 96.6 cm³/mol. The minimum Gasteiger partial charge on any atom is -0.497 e. The number of carbonyl (C=O) groups excluding carboxylic acids is 1. The Balaban J connectivity index is 1.65. The first kappa shape index (κ1) is 18.8. The summed E-state index contributed by atoms with van der Waals surface area (Å²) in [6.07, 6.45) is 0. The van der Waals surface area contributed by atoms with Crippen LogP contribution >= 0.6 is 11.8 Å². The molecule has 0 saturated carbocycles. The number of anilines is 1. The standard InChI is InChI=1S/C18H15F2N3O3S/c1-10(16(24)21-15-9-12(19)5-8-14(15)20)27-18-23-22-17(26-18)11-3-6-13(25-2)7-4-11/h3-10H,1-2H3,(H,21,24)/t10-/m0/s1. The lowest BCUT2D eigenvalue weighted by atomic mass is 10.2. The van der Waals surface area contributed by atoms with Crippen LogP contribution in [0.2, 0.25) is 0 Å². The van der Waals surface area contributed by atoms with Crippen molar-refractivity contribution < 1.29 is 22.7 Å². The smallest absolute Gasteiger partial charge is 0.277 e. The summed E-state index contributed by atoms with van der Waals surface area (Å²) in [6.45, 7) is 1.59. The fourth-order valence-corrected chi connectivity index (χ4v) is 2.82. The van der Waals surface area contributed by atoms with Gasteiger partial charge in [0.05, 0.1) is 18.0 Å². The molecule has 0 spiro atoms. The maximum absolute atomic E-state index is 13.6. The van der Waals surface area contributed by atoms with Crippen LogP contribution in [0.15, 0.2) is 52.1 Å². The Hall–Kier alpha value is -2.94. The molecule has 1 atom stereocenters. The largest absolute Gasteiger partial charge is 0.497 e. The van der Waals surface area contributed by atoms with E-state index in [1.165, 1.54) is 0 Å². The lowest BCUT2D eigenvalue weighted by Gasteiger charge is -2.10. The van der Waals surface area contributed by atoms with Crippen molar-refractivity contribution in [2.45, 2.75) is 17.4 Å². The Morgan fingerprint density at radius 3 is 2.63 bits per heavy atom. The number of rotatable bonds is 6. The van der Waals surface area contributed by atoms with E-state index in [9.17, 15) is 13.6 Å². The van der Waals surface area contributed by atoms with Crippen LogP contribution in [0.5, 0.6) is 5.75 Å². The average molecular weight is 391 g/mol. The van der Waals surface area contributed by atoms with Gasteiger partial charge in [0.25, 0.3) is 5.22 Å². The van der Waals surface area contributed by atoms with E-state index in [1.54, 1.807) is 38.3 Å². The lowest BCUT2D eigenvalue weighted by molar-refractivity contribution is -0.115. The third-order valence-corrected chi connectivity index (χ3v) is 4.51. The van der Waals surface area contributed by atoms with E-state index in [0.717, 1.165) is 30.0 Å². The number of thioether (sulfide) groups is 1. The van der Waals surface area contributed by atoms with E-state index >= 15 is 0 Å². The van der Waals surface area contributed by atoms with Crippen LogP contribution in [0.25, 0.3) is 11.5 Å². The highest BCUT2D eigenvalue weighted by Gasteiger charge is 2.20. The highest BCUT2D eigenvalue weighted by molar-refractivity contribution is 8.00. The van der Waals surface area contributed by atoms with E-state index < -0.39 is 22.8 Å². The summed E-state index contributed by atoms with van der Waals surface area (Å²) in [6, 6.07) is 9.89. The second kappa shape index (κ2) is 8.17. The summed E-state index contributed by atoms with van der Waals surface area (Å²) < 4.78 is 37.5. The summed E-state index contributed by atoms with van der Waals surface area (Å²) in [5.41, 5.74) is 0.478. The number of ether oxygens (including phenoxy) is 1. The number of benzene rings is 2. The van der Waals surface area contributed by atoms with Gasteiger partial charge < -0.3 is 14.5 Å². The second-order valence-corrected chi connectivity index (χ2v) is 6.77. The molecule has 9 heteroatoms. The number of aromatic nitrogens is 2. The van der Waals surface area contributed by atoms with Gasteiger partial charge in [-0.25, -0.2) is 8.78 Å². The van der Waals surface area contributed by atoms with Gasteiger partial charge in [0.1, 0.15) is 17.4 Å². The van der Waals surface area contributed by atoms with Crippen LogP contribution in [0, 0.1) is 11.6 Å². The molecule has 0 aliphatic heterocycles. The molecule has 1 amide bonds. The van der Waals surface area contributed by atoms with E-state index in [1.807, 2.05) is 0 Å². The quantitative estimate of drug-likeness (QED) is 0.637. The Morgan fingerprint density at radius 1 is 1.19 bits per heavy atom. The lowest BCUT2D eigenvalue weighted by Crippen LogP contribution is -2.23. The number of carbonyl (C=O) groups is 1. The van der Waals surface area contributed by atoms with Crippen molar-refractivity contribution in [1.29, 1.82) is 0 Å². The highest BCUT2D eigenvalue weighted by Crippen LogP contribution is 2.28. The molecule has 6 nitrogen and oxygen atoms in total. The second-order valence-electron chi connectivity index (χ2n) is 5.48. The molecule has 3 rings (SSSR count). The molecule has 1 N–H and O–H groups in total. The first-order valence-electron chi connectivity index (χ1n) is 7.87. The van der Waals surface area contributed by atoms with Crippen molar-refractivity contribution in [3.8, 4) is 17.2 Å².